The summed E-state index contributed by atoms with van der Waals surface area (Å²) in [6.45, 7) is 1.79. The Bertz CT molecular complexity index is 623. The number of halogens is 1. The number of hydrogen-bond donors (Lipinski definition) is 1. The van der Waals surface area contributed by atoms with Gasteiger partial charge in [-0.2, -0.15) is 0 Å². The Morgan fingerprint density at radius 1 is 1.25 bits per heavy atom. The molecule has 20 heavy (non-hydrogen) atoms. The number of carbonyl (C=O) groups is 1. The number of nitrogens with one attached hydrogen (secondary N) is 1. The molecule has 0 bridgehead atoms. The van der Waals surface area contributed by atoms with E-state index in [1.54, 1.807) is 25.1 Å². The molecule has 0 unspecified atom stereocenters. The first-order valence-corrected chi connectivity index (χ1v) is 6.43. The van der Waals surface area contributed by atoms with Gasteiger partial charge in [0, 0.05) is 31.0 Å². The number of rotatable bonds is 3. The van der Waals surface area contributed by atoms with E-state index in [1.165, 1.54) is 0 Å². The lowest BCUT2D eigenvalue weighted by molar-refractivity contribution is 0.102. The Morgan fingerprint density at radius 3 is 2.65 bits per heavy atom. The van der Waals surface area contributed by atoms with Crippen molar-refractivity contribution < 1.29 is 4.79 Å². The van der Waals surface area contributed by atoms with E-state index in [2.05, 4.69) is 15.3 Å². The van der Waals surface area contributed by atoms with Crippen molar-refractivity contribution >= 4 is 29.1 Å². The fourth-order valence-corrected chi connectivity index (χ4v) is 1.92. The van der Waals surface area contributed by atoms with Crippen LogP contribution in [0.2, 0.25) is 5.15 Å². The number of amides is 1. The molecule has 104 valence electrons. The van der Waals surface area contributed by atoms with E-state index in [-0.39, 0.29) is 11.9 Å². The monoisotopic (exact) mass is 290 g/mol. The van der Waals surface area contributed by atoms with Crippen molar-refractivity contribution in [1.82, 2.24) is 9.97 Å². The van der Waals surface area contributed by atoms with E-state index in [9.17, 15) is 4.79 Å². The van der Waals surface area contributed by atoms with Crippen LogP contribution in [-0.2, 0) is 0 Å². The Kier molecular flexibility index (Phi) is 4.20. The van der Waals surface area contributed by atoms with Crippen LogP contribution in [0.1, 0.15) is 16.1 Å². The number of aromatic nitrogens is 2. The van der Waals surface area contributed by atoms with Gasteiger partial charge in [0.1, 0.15) is 5.15 Å². The summed E-state index contributed by atoms with van der Waals surface area (Å²) in [5.41, 5.74) is 2.18. The largest absolute Gasteiger partial charge is 0.378 e. The van der Waals surface area contributed by atoms with Gasteiger partial charge in [0.25, 0.3) is 5.91 Å². The van der Waals surface area contributed by atoms with Crippen LogP contribution < -0.4 is 10.2 Å². The van der Waals surface area contributed by atoms with Gasteiger partial charge >= 0.3 is 0 Å². The normalized spacial score (nSPS) is 10.2. The summed E-state index contributed by atoms with van der Waals surface area (Å²) in [6.07, 6.45) is 0. The minimum absolute atomic E-state index is 0.204. The maximum atomic E-state index is 12.2. The van der Waals surface area contributed by atoms with Crippen LogP contribution in [0.25, 0.3) is 0 Å². The molecular weight excluding hydrogens is 276 g/mol. The number of aryl methyl sites for hydroxylation is 1. The van der Waals surface area contributed by atoms with E-state index in [1.807, 2.05) is 31.1 Å². The zero-order valence-corrected chi connectivity index (χ0v) is 12.3. The first kappa shape index (κ1) is 14.3. The molecule has 2 rings (SSSR count). The molecule has 0 spiro atoms. The number of benzene rings is 1. The summed E-state index contributed by atoms with van der Waals surface area (Å²) in [6, 6.07) is 8.92. The van der Waals surface area contributed by atoms with Crippen LogP contribution in [0.3, 0.4) is 0 Å². The van der Waals surface area contributed by atoms with E-state index in [4.69, 9.17) is 11.6 Å². The fraction of sp³-hybridized carbons (Fsp3) is 0.214. The highest BCUT2D eigenvalue weighted by molar-refractivity contribution is 6.29. The summed E-state index contributed by atoms with van der Waals surface area (Å²) in [7, 11) is 3.83. The fourth-order valence-electron chi connectivity index (χ4n) is 1.69. The maximum absolute atomic E-state index is 12.2. The highest BCUT2D eigenvalue weighted by atomic mass is 35.5. The van der Waals surface area contributed by atoms with Crippen LogP contribution in [0.5, 0.6) is 0 Å². The third kappa shape index (κ3) is 3.45. The van der Waals surface area contributed by atoms with E-state index in [0.717, 1.165) is 5.69 Å². The van der Waals surface area contributed by atoms with Crippen LogP contribution in [0.15, 0.2) is 30.3 Å². The standard InChI is InChI=1S/C14H15ClN4O/c1-9-7-12(15)17-14(16-9)18-13(20)10-5-4-6-11(8-10)19(2)3/h4-8H,1-3H3,(H,16,17,18,20). The second-order valence-corrected chi connectivity index (χ2v) is 4.94. The van der Waals surface area contributed by atoms with E-state index < -0.39 is 0 Å². The third-order valence-electron chi connectivity index (χ3n) is 2.67. The Hall–Kier alpha value is -2.14. The second-order valence-electron chi connectivity index (χ2n) is 4.55. The average Bonchev–Trinajstić information content (AvgIpc) is 2.37. The highest BCUT2D eigenvalue weighted by Gasteiger charge is 2.10. The van der Waals surface area contributed by atoms with Crippen molar-refractivity contribution in [2.75, 3.05) is 24.3 Å². The first-order chi connectivity index (χ1) is 9.45. The van der Waals surface area contributed by atoms with Gasteiger partial charge < -0.3 is 4.90 Å². The lowest BCUT2D eigenvalue weighted by Crippen LogP contribution is -2.16. The number of anilines is 2. The summed E-state index contributed by atoms with van der Waals surface area (Å²) in [4.78, 5) is 22.2. The average molecular weight is 291 g/mol. The highest BCUT2D eigenvalue weighted by Crippen LogP contribution is 2.15. The van der Waals surface area contributed by atoms with Gasteiger partial charge in [-0.3, -0.25) is 10.1 Å². The van der Waals surface area contributed by atoms with E-state index >= 15 is 0 Å². The minimum Gasteiger partial charge on any atom is -0.378 e. The molecule has 1 heterocycles. The summed E-state index contributed by atoms with van der Waals surface area (Å²) in [5.74, 6) is -0.0642. The lowest BCUT2D eigenvalue weighted by atomic mass is 10.2. The van der Waals surface area contributed by atoms with Crippen LogP contribution in [-0.4, -0.2) is 30.0 Å². The quantitative estimate of drug-likeness (QED) is 0.883. The van der Waals surface area contributed by atoms with Crippen molar-refractivity contribution in [3.63, 3.8) is 0 Å². The van der Waals surface area contributed by atoms with Gasteiger partial charge in [0.2, 0.25) is 5.95 Å². The first-order valence-electron chi connectivity index (χ1n) is 6.05. The Morgan fingerprint density at radius 2 is 2.00 bits per heavy atom. The molecule has 1 N–H and O–H groups in total. The van der Waals surface area contributed by atoms with Gasteiger partial charge in [-0.15, -0.1) is 0 Å². The molecule has 0 aliphatic heterocycles. The molecule has 0 aliphatic rings. The summed E-state index contributed by atoms with van der Waals surface area (Å²) < 4.78 is 0. The predicted molar refractivity (Wildman–Crippen MR) is 80.5 cm³/mol. The zero-order chi connectivity index (χ0) is 14.7. The van der Waals surface area contributed by atoms with Crippen LogP contribution in [0, 0.1) is 6.92 Å². The number of hydrogen-bond acceptors (Lipinski definition) is 4. The van der Waals surface area contributed by atoms with Crippen molar-refractivity contribution in [3.05, 3.63) is 46.7 Å². The van der Waals surface area contributed by atoms with Gasteiger partial charge in [-0.05, 0) is 31.2 Å². The summed E-state index contributed by atoms with van der Waals surface area (Å²) in [5, 5.41) is 2.94. The molecule has 0 saturated carbocycles. The second kappa shape index (κ2) is 5.88. The molecule has 1 amide bonds. The molecule has 2 aromatic rings. The molecule has 0 atom stereocenters. The van der Waals surface area contributed by atoms with E-state index in [0.29, 0.717) is 16.4 Å². The SMILES string of the molecule is Cc1cc(Cl)nc(NC(=O)c2cccc(N(C)C)c2)n1. The zero-order valence-electron chi connectivity index (χ0n) is 11.5. The van der Waals surface area contributed by atoms with Gasteiger partial charge in [-0.1, -0.05) is 17.7 Å². The van der Waals surface area contributed by atoms with Crippen molar-refractivity contribution in [2.24, 2.45) is 0 Å². The van der Waals surface area contributed by atoms with Gasteiger partial charge in [0.05, 0.1) is 0 Å². The Labute approximate surface area is 122 Å². The van der Waals surface area contributed by atoms with Crippen LogP contribution >= 0.6 is 11.6 Å². The van der Waals surface area contributed by atoms with Gasteiger partial charge in [-0.25, -0.2) is 9.97 Å². The molecule has 5 nitrogen and oxygen atoms in total. The number of nitrogens with zero attached hydrogens (tertiary/aromatic N) is 3. The van der Waals surface area contributed by atoms with Crippen molar-refractivity contribution in [1.29, 1.82) is 0 Å². The minimum atomic E-state index is -0.268. The van der Waals surface area contributed by atoms with Crippen LogP contribution in [0.4, 0.5) is 11.6 Å². The molecule has 0 radical (unpaired) electrons. The smallest absolute Gasteiger partial charge is 0.258 e. The lowest BCUT2D eigenvalue weighted by Gasteiger charge is -2.13. The van der Waals surface area contributed by atoms with Crippen molar-refractivity contribution in [3.8, 4) is 0 Å². The molecule has 0 saturated heterocycles. The molecule has 6 heteroatoms. The molecule has 0 aliphatic carbocycles. The molecule has 0 fully saturated rings. The topological polar surface area (TPSA) is 58.1 Å². The third-order valence-corrected chi connectivity index (χ3v) is 2.87. The Balaban J connectivity index is 2.21. The molecular formula is C14H15ClN4O. The van der Waals surface area contributed by atoms with Crippen molar-refractivity contribution in [2.45, 2.75) is 6.92 Å². The molecule has 1 aromatic carbocycles. The number of carbonyl (C=O) groups excluding carboxylic acids is 1. The summed E-state index contributed by atoms with van der Waals surface area (Å²) >= 11 is 5.84. The maximum Gasteiger partial charge on any atom is 0.258 e. The molecule has 1 aromatic heterocycles. The van der Waals surface area contributed by atoms with Gasteiger partial charge in [0.15, 0.2) is 0 Å². The predicted octanol–water partition coefficient (Wildman–Crippen LogP) is 2.76.